The molecule has 0 heterocycles. The van der Waals surface area contributed by atoms with E-state index < -0.39 is 0 Å². The summed E-state index contributed by atoms with van der Waals surface area (Å²) in [5.41, 5.74) is 2.22. The second-order valence-electron chi connectivity index (χ2n) is 2.15. The Hall–Kier alpha value is -1.24. The zero-order valence-electron chi connectivity index (χ0n) is 7.22. The molecule has 0 aliphatic rings. The van der Waals surface area contributed by atoms with Gasteiger partial charge in [-0.3, -0.25) is 0 Å². The number of rotatable bonds is 4. The molecule has 0 atom stereocenters. The Labute approximate surface area is 68.8 Å². The first-order valence-electron chi connectivity index (χ1n) is 3.56. The van der Waals surface area contributed by atoms with Crippen molar-refractivity contribution < 1.29 is 0 Å². The maximum atomic E-state index is 3.62. The van der Waals surface area contributed by atoms with Crippen molar-refractivity contribution in [1.29, 1.82) is 0 Å². The molecule has 0 bridgehead atoms. The molecule has 1 nitrogen and oxygen atoms in total. The van der Waals surface area contributed by atoms with Crippen molar-refractivity contribution >= 4 is 0 Å². The highest BCUT2D eigenvalue weighted by atomic mass is 14.8. The highest BCUT2D eigenvalue weighted by Crippen LogP contribution is 2.04. The highest BCUT2D eigenvalue weighted by molar-refractivity contribution is 5.32. The lowest BCUT2D eigenvalue weighted by atomic mass is 10.2. The molecular formula is C10H15N. The van der Waals surface area contributed by atoms with Crippen LogP contribution in [0.2, 0.25) is 0 Å². The molecule has 0 radical (unpaired) electrons. The Morgan fingerprint density at radius 1 is 1.18 bits per heavy atom. The molecule has 0 aromatic rings. The fourth-order valence-corrected chi connectivity index (χ4v) is 0.796. The van der Waals surface area contributed by atoms with Gasteiger partial charge in [0.1, 0.15) is 0 Å². The molecule has 0 spiro atoms. The molecule has 0 unspecified atom stereocenters. The van der Waals surface area contributed by atoms with Gasteiger partial charge in [0.2, 0.25) is 0 Å². The van der Waals surface area contributed by atoms with Gasteiger partial charge in [0.25, 0.3) is 0 Å². The summed E-state index contributed by atoms with van der Waals surface area (Å²) >= 11 is 0. The second-order valence-corrected chi connectivity index (χ2v) is 2.15. The molecule has 1 heteroatoms. The Bertz CT molecular complexity index is 197. The lowest BCUT2D eigenvalue weighted by Gasteiger charge is -2.04. The van der Waals surface area contributed by atoms with Crippen LogP contribution in [0.4, 0.5) is 0 Å². The van der Waals surface area contributed by atoms with Gasteiger partial charge in [-0.05, 0) is 18.6 Å². The minimum absolute atomic E-state index is 1.07. The highest BCUT2D eigenvalue weighted by Gasteiger charge is 1.91. The summed E-state index contributed by atoms with van der Waals surface area (Å²) in [6.45, 7) is 9.26. The zero-order chi connectivity index (χ0) is 8.69. The minimum Gasteiger partial charge on any atom is -0.388 e. The molecule has 0 aliphatic heterocycles. The van der Waals surface area contributed by atoms with E-state index in [2.05, 4.69) is 18.5 Å². The molecule has 0 saturated carbocycles. The largest absolute Gasteiger partial charge is 0.388 e. The maximum absolute atomic E-state index is 3.62. The maximum Gasteiger partial charge on any atom is 0.0367 e. The van der Waals surface area contributed by atoms with Crippen molar-refractivity contribution in [3.63, 3.8) is 0 Å². The van der Waals surface area contributed by atoms with Crippen LogP contribution in [-0.2, 0) is 0 Å². The monoisotopic (exact) mass is 149 g/mol. The fraction of sp³-hybridized carbons (Fsp3) is 0.200. The predicted molar refractivity (Wildman–Crippen MR) is 51.3 cm³/mol. The summed E-state index contributed by atoms with van der Waals surface area (Å²) < 4.78 is 0. The number of nitrogens with one attached hydrogen (secondary N) is 1. The van der Waals surface area contributed by atoms with Gasteiger partial charge in [-0.15, -0.1) is 0 Å². The summed E-state index contributed by atoms with van der Waals surface area (Å²) in [6.07, 6.45) is 7.40. The van der Waals surface area contributed by atoms with E-state index in [-0.39, 0.29) is 0 Å². The molecule has 1 N–H and O–H groups in total. The van der Waals surface area contributed by atoms with Gasteiger partial charge in [-0.2, -0.15) is 0 Å². The summed E-state index contributed by atoms with van der Waals surface area (Å²) in [7, 11) is 1.88. The Balaban J connectivity index is 4.49. The molecule has 0 aliphatic carbocycles. The van der Waals surface area contributed by atoms with Crippen molar-refractivity contribution in [2.24, 2.45) is 0 Å². The first-order valence-corrected chi connectivity index (χ1v) is 3.56. The number of allylic oxidation sites excluding steroid dienone is 5. The van der Waals surface area contributed by atoms with Gasteiger partial charge in [0.15, 0.2) is 0 Å². The van der Waals surface area contributed by atoms with Crippen molar-refractivity contribution in [1.82, 2.24) is 5.32 Å². The molecule has 0 fully saturated rings. The van der Waals surface area contributed by atoms with Gasteiger partial charge in [-0.1, -0.05) is 31.4 Å². The lowest BCUT2D eigenvalue weighted by Crippen LogP contribution is -2.06. The van der Waals surface area contributed by atoms with E-state index in [9.17, 15) is 0 Å². The van der Waals surface area contributed by atoms with Crippen LogP contribution >= 0.6 is 0 Å². The quantitative estimate of drug-likeness (QED) is 0.605. The van der Waals surface area contributed by atoms with E-state index in [0.717, 1.165) is 11.3 Å². The molecule has 60 valence electrons. The zero-order valence-corrected chi connectivity index (χ0v) is 7.22. The SMILES string of the molecule is C=C/C=C(C)\C(=C/C=C)NC. The van der Waals surface area contributed by atoms with Gasteiger partial charge in [0.05, 0.1) is 0 Å². The topological polar surface area (TPSA) is 12.0 Å². The molecule has 11 heavy (non-hydrogen) atoms. The van der Waals surface area contributed by atoms with E-state index in [4.69, 9.17) is 0 Å². The molecule has 0 amide bonds. The third-order valence-electron chi connectivity index (χ3n) is 1.35. The molecular weight excluding hydrogens is 134 g/mol. The van der Waals surface area contributed by atoms with E-state index in [1.807, 2.05) is 26.1 Å². The minimum atomic E-state index is 1.07. The van der Waals surface area contributed by atoms with E-state index in [1.165, 1.54) is 0 Å². The number of hydrogen-bond acceptors (Lipinski definition) is 1. The summed E-state index contributed by atoms with van der Waals surface area (Å²) in [5, 5.41) is 3.06. The third kappa shape index (κ3) is 3.46. The van der Waals surface area contributed by atoms with Crippen LogP contribution in [0.15, 0.2) is 48.7 Å². The number of hydrogen-bond donors (Lipinski definition) is 1. The summed E-state index contributed by atoms with van der Waals surface area (Å²) in [4.78, 5) is 0. The lowest BCUT2D eigenvalue weighted by molar-refractivity contribution is 0.999. The predicted octanol–water partition coefficient (Wildman–Crippen LogP) is 2.41. The second kappa shape index (κ2) is 5.54. The normalized spacial score (nSPS) is 12.5. The van der Waals surface area contributed by atoms with E-state index >= 15 is 0 Å². The van der Waals surface area contributed by atoms with Crippen LogP contribution in [0.5, 0.6) is 0 Å². The van der Waals surface area contributed by atoms with E-state index in [0.29, 0.717) is 0 Å². The van der Waals surface area contributed by atoms with Crippen molar-refractivity contribution in [3.8, 4) is 0 Å². The first-order chi connectivity index (χ1) is 5.26. The van der Waals surface area contributed by atoms with Gasteiger partial charge in [-0.25, -0.2) is 0 Å². The number of likely N-dealkylation sites (N-methyl/N-ethyl adjacent to an activating group) is 1. The standard InChI is InChI=1S/C10H15N/c1-5-7-9(3)10(11-4)8-6-2/h5-8,11H,1-2H2,3-4H3/b9-7-,10-8+. The van der Waals surface area contributed by atoms with Crippen LogP contribution < -0.4 is 5.32 Å². The van der Waals surface area contributed by atoms with Crippen LogP contribution in [0.25, 0.3) is 0 Å². The summed E-state index contributed by atoms with van der Waals surface area (Å²) in [6, 6.07) is 0. The average Bonchev–Trinajstić information content (AvgIpc) is 2.00. The van der Waals surface area contributed by atoms with Gasteiger partial charge in [0, 0.05) is 12.7 Å². The molecule has 0 saturated heterocycles. The molecule has 0 rings (SSSR count). The average molecular weight is 149 g/mol. The van der Waals surface area contributed by atoms with E-state index in [1.54, 1.807) is 12.2 Å². The van der Waals surface area contributed by atoms with Crippen molar-refractivity contribution in [2.75, 3.05) is 7.05 Å². The fourth-order valence-electron chi connectivity index (χ4n) is 0.796. The first kappa shape index (κ1) is 9.76. The van der Waals surface area contributed by atoms with Gasteiger partial charge < -0.3 is 5.32 Å². The van der Waals surface area contributed by atoms with Crippen molar-refractivity contribution in [2.45, 2.75) is 6.92 Å². The van der Waals surface area contributed by atoms with Crippen molar-refractivity contribution in [3.05, 3.63) is 48.7 Å². The third-order valence-corrected chi connectivity index (χ3v) is 1.35. The van der Waals surface area contributed by atoms with Crippen LogP contribution in [0, 0.1) is 0 Å². The smallest absolute Gasteiger partial charge is 0.0367 e. The van der Waals surface area contributed by atoms with Crippen LogP contribution in [0.3, 0.4) is 0 Å². The molecule has 0 aromatic heterocycles. The van der Waals surface area contributed by atoms with Crippen LogP contribution in [0.1, 0.15) is 6.92 Å². The van der Waals surface area contributed by atoms with Crippen LogP contribution in [-0.4, -0.2) is 7.05 Å². The Kier molecular flexibility index (Phi) is 4.91. The molecule has 0 aromatic carbocycles. The summed E-state index contributed by atoms with van der Waals surface area (Å²) in [5.74, 6) is 0. The Morgan fingerprint density at radius 3 is 2.09 bits per heavy atom. The van der Waals surface area contributed by atoms with Gasteiger partial charge >= 0.3 is 0 Å². The Morgan fingerprint density at radius 2 is 1.73 bits per heavy atom.